The van der Waals surface area contributed by atoms with E-state index in [0.29, 0.717) is 12.5 Å². The summed E-state index contributed by atoms with van der Waals surface area (Å²) in [5.74, 6) is 0.717. The molecule has 1 fully saturated rings. The molecule has 2 aromatic rings. The van der Waals surface area contributed by atoms with E-state index in [1.54, 1.807) is 11.8 Å². The van der Waals surface area contributed by atoms with Crippen LogP contribution in [-0.2, 0) is 16.0 Å². The van der Waals surface area contributed by atoms with E-state index >= 15 is 0 Å². The maximum absolute atomic E-state index is 12.5. The Morgan fingerprint density at radius 2 is 1.96 bits per heavy atom. The van der Waals surface area contributed by atoms with Gasteiger partial charge in [0.2, 0.25) is 11.8 Å². The number of benzene rings is 1. The zero-order chi connectivity index (χ0) is 17.8. The van der Waals surface area contributed by atoms with Gasteiger partial charge in [-0.25, -0.2) is 0 Å². The second-order valence-electron chi connectivity index (χ2n) is 7.11. The predicted molar refractivity (Wildman–Crippen MR) is 99.2 cm³/mol. The number of aromatic amines is 1. The third kappa shape index (κ3) is 4.21. The average molecular weight is 341 g/mol. The van der Waals surface area contributed by atoms with Crippen LogP contribution in [0.2, 0.25) is 0 Å². The third-order valence-electron chi connectivity index (χ3n) is 5.23. The summed E-state index contributed by atoms with van der Waals surface area (Å²) in [6.07, 6.45) is 4.85. The number of hydrogen-bond acceptors (Lipinski definition) is 2. The maximum atomic E-state index is 12.5. The highest BCUT2D eigenvalue weighted by Crippen LogP contribution is 2.19. The number of carbonyl (C=O) groups excluding carboxylic acids is 2. The highest BCUT2D eigenvalue weighted by Gasteiger charge is 2.23. The quantitative estimate of drug-likeness (QED) is 0.909. The molecule has 1 aliphatic rings. The molecule has 1 saturated heterocycles. The molecule has 1 aromatic heterocycles. The predicted octanol–water partition coefficient (Wildman–Crippen LogP) is 2.82. The van der Waals surface area contributed by atoms with Gasteiger partial charge in [0, 0.05) is 43.7 Å². The van der Waals surface area contributed by atoms with Crippen molar-refractivity contribution >= 4 is 22.7 Å². The molecular weight excluding hydrogens is 314 g/mol. The molecule has 3 rings (SSSR count). The number of hydrogen-bond donors (Lipinski definition) is 1. The lowest BCUT2D eigenvalue weighted by molar-refractivity contribution is -0.140. The van der Waals surface area contributed by atoms with Crippen LogP contribution in [0.1, 0.15) is 32.3 Å². The van der Waals surface area contributed by atoms with E-state index in [9.17, 15) is 9.59 Å². The van der Waals surface area contributed by atoms with Crippen molar-refractivity contribution in [3.8, 4) is 0 Å². The van der Waals surface area contributed by atoms with Crippen LogP contribution in [0, 0.1) is 5.92 Å². The Morgan fingerprint density at radius 3 is 2.68 bits per heavy atom. The lowest BCUT2D eigenvalue weighted by Gasteiger charge is -2.32. The summed E-state index contributed by atoms with van der Waals surface area (Å²) in [6, 6.07) is 8.15. The number of carbonyl (C=O) groups is 2. The van der Waals surface area contributed by atoms with Gasteiger partial charge < -0.3 is 14.8 Å². The fourth-order valence-corrected chi connectivity index (χ4v) is 3.46. The van der Waals surface area contributed by atoms with Gasteiger partial charge in [-0.15, -0.1) is 0 Å². The summed E-state index contributed by atoms with van der Waals surface area (Å²) >= 11 is 0. The first-order valence-electron chi connectivity index (χ1n) is 9.13. The van der Waals surface area contributed by atoms with Crippen LogP contribution < -0.4 is 0 Å². The highest BCUT2D eigenvalue weighted by atomic mass is 16.2. The van der Waals surface area contributed by atoms with Gasteiger partial charge in [0.15, 0.2) is 0 Å². The van der Waals surface area contributed by atoms with E-state index in [2.05, 4.69) is 18.0 Å². The molecule has 0 bridgehead atoms. The molecule has 2 amide bonds. The summed E-state index contributed by atoms with van der Waals surface area (Å²) in [5.41, 5.74) is 2.28. The zero-order valence-corrected chi connectivity index (χ0v) is 15.1. The number of aromatic nitrogens is 1. The SMILES string of the molecule is CC(=O)N(CCc1c[nH]c2ccccc12)CC(=O)N1CCC(C)CC1. The monoisotopic (exact) mass is 341 g/mol. The van der Waals surface area contributed by atoms with E-state index in [1.165, 1.54) is 10.9 Å². The minimum absolute atomic E-state index is 0.0430. The van der Waals surface area contributed by atoms with Gasteiger partial charge in [-0.1, -0.05) is 25.1 Å². The maximum Gasteiger partial charge on any atom is 0.242 e. The van der Waals surface area contributed by atoms with Crippen LogP contribution in [0.5, 0.6) is 0 Å². The number of H-pyrrole nitrogens is 1. The van der Waals surface area contributed by atoms with Gasteiger partial charge in [0.1, 0.15) is 0 Å². The molecule has 1 aromatic carbocycles. The second kappa shape index (κ2) is 7.72. The Morgan fingerprint density at radius 1 is 1.24 bits per heavy atom. The van der Waals surface area contributed by atoms with E-state index in [-0.39, 0.29) is 18.4 Å². The Balaban J connectivity index is 1.60. The summed E-state index contributed by atoms with van der Waals surface area (Å²) in [7, 11) is 0. The van der Waals surface area contributed by atoms with E-state index in [0.717, 1.165) is 37.9 Å². The molecular formula is C20H27N3O2. The van der Waals surface area contributed by atoms with Crippen molar-refractivity contribution < 1.29 is 9.59 Å². The van der Waals surface area contributed by atoms with Crippen LogP contribution >= 0.6 is 0 Å². The Kier molecular flexibility index (Phi) is 5.41. The molecule has 5 heteroatoms. The third-order valence-corrected chi connectivity index (χ3v) is 5.23. The van der Waals surface area contributed by atoms with Crippen molar-refractivity contribution in [1.82, 2.24) is 14.8 Å². The van der Waals surface area contributed by atoms with Gasteiger partial charge in [0.25, 0.3) is 0 Å². The normalized spacial score (nSPS) is 15.5. The number of rotatable bonds is 5. The van der Waals surface area contributed by atoms with Gasteiger partial charge >= 0.3 is 0 Å². The van der Waals surface area contributed by atoms with Gasteiger partial charge in [0.05, 0.1) is 6.54 Å². The molecule has 0 atom stereocenters. The summed E-state index contributed by atoms with van der Waals surface area (Å²) < 4.78 is 0. The van der Waals surface area contributed by atoms with E-state index in [1.807, 2.05) is 29.3 Å². The first kappa shape index (κ1) is 17.5. The molecule has 1 N–H and O–H groups in total. The van der Waals surface area contributed by atoms with Crippen molar-refractivity contribution in [3.05, 3.63) is 36.0 Å². The van der Waals surface area contributed by atoms with Crippen molar-refractivity contribution in [2.45, 2.75) is 33.1 Å². The van der Waals surface area contributed by atoms with Gasteiger partial charge in [-0.05, 0) is 36.8 Å². The molecule has 25 heavy (non-hydrogen) atoms. The van der Waals surface area contributed by atoms with Crippen molar-refractivity contribution in [2.24, 2.45) is 5.92 Å². The van der Waals surface area contributed by atoms with E-state index in [4.69, 9.17) is 0 Å². The number of likely N-dealkylation sites (tertiary alicyclic amines) is 1. The summed E-state index contributed by atoms with van der Waals surface area (Å²) in [5, 5.41) is 1.18. The minimum Gasteiger partial charge on any atom is -0.361 e. The topological polar surface area (TPSA) is 56.4 Å². The van der Waals surface area contributed by atoms with Crippen LogP contribution in [0.25, 0.3) is 10.9 Å². The minimum atomic E-state index is -0.0430. The number of para-hydroxylation sites is 1. The Labute approximate surface area is 149 Å². The lowest BCUT2D eigenvalue weighted by atomic mass is 9.99. The molecule has 0 aliphatic carbocycles. The van der Waals surface area contributed by atoms with E-state index < -0.39 is 0 Å². The largest absolute Gasteiger partial charge is 0.361 e. The first-order valence-corrected chi connectivity index (χ1v) is 9.13. The molecule has 1 aliphatic heterocycles. The Bertz CT molecular complexity index is 744. The first-order chi connectivity index (χ1) is 12.0. The molecule has 0 radical (unpaired) electrons. The van der Waals surface area contributed by atoms with Gasteiger partial charge in [-0.2, -0.15) is 0 Å². The summed E-state index contributed by atoms with van der Waals surface area (Å²) in [4.78, 5) is 31.3. The fourth-order valence-electron chi connectivity index (χ4n) is 3.46. The number of piperidine rings is 1. The Hall–Kier alpha value is -2.30. The number of fused-ring (bicyclic) bond motifs is 1. The highest BCUT2D eigenvalue weighted by molar-refractivity contribution is 5.85. The molecule has 134 valence electrons. The average Bonchev–Trinajstić information content (AvgIpc) is 3.02. The van der Waals surface area contributed by atoms with Crippen LogP contribution in [0.4, 0.5) is 0 Å². The van der Waals surface area contributed by atoms with Crippen LogP contribution in [0.3, 0.4) is 0 Å². The molecule has 5 nitrogen and oxygen atoms in total. The molecule has 2 heterocycles. The van der Waals surface area contributed by atoms with Crippen molar-refractivity contribution in [3.63, 3.8) is 0 Å². The number of amides is 2. The van der Waals surface area contributed by atoms with Gasteiger partial charge in [-0.3, -0.25) is 9.59 Å². The zero-order valence-electron chi connectivity index (χ0n) is 15.1. The van der Waals surface area contributed by atoms with Crippen molar-refractivity contribution in [1.29, 1.82) is 0 Å². The smallest absolute Gasteiger partial charge is 0.242 e. The second-order valence-corrected chi connectivity index (χ2v) is 7.11. The number of nitrogens with zero attached hydrogens (tertiary/aromatic N) is 2. The van der Waals surface area contributed by atoms with Crippen LogP contribution in [-0.4, -0.2) is 52.8 Å². The van der Waals surface area contributed by atoms with Crippen molar-refractivity contribution in [2.75, 3.05) is 26.2 Å². The summed E-state index contributed by atoms with van der Waals surface area (Å²) in [6.45, 7) is 6.15. The number of nitrogens with one attached hydrogen (secondary N) is 1. The molecule has 0 spiro atoms. The van der Waals surface area contributed by atoms with Crippen LogP contribution in [0.15, 0.2) is 30.5 Å². The molecule has 0 unspecified atom stereocenters. The fraction of sp³-hybridized carbons (Fsp3) is 0.500. The lowest BCUT2D eigenvalue weighted by Crippen LogP contribution is -2.45. The standard InChI is InChI=1S/C20H27N3O2/c1-15-7-10-22(11-8-15)20(25)14-23(16(2)24)12-9-17-13-21-19-6-4-3-5-18(17)19/h3-6,13,15,21H,7-12,14H2,1-2H3. The molecule has 0 saturated carbocycles.